The summed E-state index contributed by atoms with van der Waals surface area (Å²) in [5.41, 5.74) is -0.0436. The van der Waals surface area contributed by atoms with Crippen LogP contribution in [-0.4, -0.2) is 36.5 Å². The molecule has 2 N–H and O–H groups in total. The lowest BCUT2D eigenvalue weighted by Crippen LogP contribution is -2.52. The molecule has 0 heterocycles. The van der Waals surface area contributed by atoms with Crippen LogP contribution >= 0.6 is 0 Å². The maximum atomic E-state index is 9.56. The Morgan fingerprint density at radius 2 is 2.25 bits per heavy atom. The molecule has 0 amide bonds. The van der Waals surface area contributed by atoms with Gasteiger partial charge in [0, 0.05) is 12.1 Å². The summed E-state index contributed by atoms with van der Waals surface area (Å²) in [6, 6.07) is 0. The predicted octanol–water partition coefficient (Wildman–Crippen LogP) is 1.94. The Balaban J connectivity index is 2.29. The molecule has 2 atom stereocenters. The van der Waals surface area contributed by atoms with E-state index < -0.39 is 0 Å². The van der Waals surface area contributed by atoms with Crippen LogP contribution < -0.4 is 5.32 Å². The standard InChI is InChI=1S/C13H27NO2/c1-11(2)16-8-7-14-13(10-15)6-4-5-12(3)9-13/h11-12,14-15H,4-10H2,1-3H3. The lowest BCUT2D eigenvalue weighted by molar-refractivity contribution is 0.0571. The number of aliphatic hydroxyl groups excluding tert-OH is 1. The molecule has 0 spiro atoms. The fourth-order valence-electron chi connectivity index (χ4n) is 2.63. The Labute approximate surface area is 99.6 Å². The van der Waals surface area contributed by atoms with E-state index in [1.165, 1.54) is 12.8 Å². The molecule has 1 saturated carbocycles. The highest BCUT2D eigenvalue weighted by molar-refractivity contribution is 4.92. The Bertz CT molecular complexity index is 196. The van der Waals surface area contributed by atoms with Gasteiger partial charge in [-0.15, -0.1) is 0 Å². The summed E-state index contributed by atoms with van der Waals surface area (Å²) in [5.74, 6) is 0.722. The smallest absolute Gasteiger partial charge is 0.0613 e. The fourth-order valence-corrected chi connectivity index (χ4v) is 2.63. The van der Waals surface area contributed by atoms with Crippen molar-refractivity contribution in [2.75, 3.05) is 19.8 Å². The van der Waals surface area contributed by atoms with Gasteiger partial charge in [0.25, 0.3) is 0 Å². The van der Waals surface area contributed by atoms with Crippen molar-refractivity contribution in [3.63, 3.8) is 0 Å². The monoisotopic (exact) mass is 229 g/mol. The van der Waals surface area contributed by atoms with Crippen LogP contribution in [0, 0.1) is 5.92 Å². The zero-order chi connectivity index (χ0) is 12.0. The first kappa shape index (κ1) is 13.9. The van der Waals surface area contributed by atoms with Crippen LogP contribution in [0.4, 0.5) is 0 Å². The Morgan fingerprint density at radius 1 is 1.50 bits per heavy atom. The molecule has 96 valence electrons. The Hall–Kier alpha value is -0.120. The fraction of sp³-hybridized carbons (Fsp3) is 1.00. The first-order chi connectivity index (χ1) is 7.58. The minimum atomic E-state index is -0.0436. The van der Waals surface area contributed by atoms with E-state index in [1.54, 1.807) is 0 Å². The number of hydrogen-bond acceptors (Lipinski definition) is 3. The highest BCUT2D eigenvalue weighted by Gasteiger charge is 2.33. The molecule has 0 aromatic rings. The van der Waals surface area contributed by atoms with Crippen molar-refractivity contribution in [3.8, 4) is 0 Å². The number of nitrogens with one attached hydrogen (secondary N) is 1. The van der Waals surface area contributed by atoms with E-state index in [-0.39, 0.29) is 18.2 Å². The highest BCUT2D eigenvalue weighted by Crippen LogP contribution is 2.31. The minimum absolute atomic E-state index is 0.0436. The molecule has 3 heteroatoms. The van der Waals surface area contributed by atoms with Crippen LogP contribution in [0.1, 0.15) is 46.5 Å². The van der Waals surface area contributed by atoms with Crippen LogP contribution in [0.25, 0.3) is 0 Å². The second-order valence-electron chi connectivity index (χ2n) is 5.49. The highest BCUT2D eigenvalue weighted by atomic mass is 16.5. The van der Waals surface area contributed by atoms with Crippen LogP contribution in [0.2, 0.25) is 0 Å². The van der Waals surface area contributed by atoms with Crippen molar-refractivity contribution in [3.05, 3.63) is 0 Å². The third kappa shape index (κ3) is 4.40. The zero-order valence-electron chi connectivity index (χ0n) is 11.0. The SMILES string of the molecule is CC1CCCC(CO)(NCCOC(C)C)C1. The first-order valence-electron chi connectivity index (χ1n) is 6.55. The van der Waals surface area contributed by atoms with Gasteiger partial charge in [0.2, 0.25) is 0 Å². The van der Waals surface area contributed by atoms with Crippen molar-refractivity contribution >= 4 is 0 Å². The molecule has 2 unspecified atom stereocenters. The van der Waals surface area contributed by atoms with Gasteiger partial charge in [0.15, 0.2) is 0 Å². The molecule has 0 bridgehead atoms. The molecule has 0 radical (unpaired) electrons. The third-order valence-electron chi connectivity index (χ3n) is 3.45. The molecule has 16 heavy (non-hydrogen) atoms. The maximum Gasteiger partial charge on any atom is 0.0613 e. The van der Waals surface area contributed by atoms with Crippen molar-refractivity contribution in [1.29, 1.82) is 0 Å². The van der Waals surface area contributed by atoms with Gasteiger partial charge in [-0.3, -0.25) is 0 Å². The van der Waals surface area contributed by atoms with E-state index in [9.17, 15) is 5.11 Å². The summed E-state index contributed by atoms with van der Waals surface area (Å²) in [6.07, 6.45) is 4.99. The molecule has 1 fully saturated rings. The minimum Gasteiger partial charge on any atom is -0.394 e. The number of aliphatic hydroxyl groups is 1. The van der Waals surface area contributed by atoms with Crippen molar-refractivity contribution in [2.24, 2.45) is 5.92 Å². The van der Waals surface area contributed by atoms with E-state index in [2.05, 4.69) is 12.2 Å². The topological polar surface area (TPSA) is 41.5 Å². The lowest BCUT2D eigenvalue weighted by Gasteiger charge is -2.39. The molecule has 1 rings (SSSR count). The second kappa shape index (κ2) is 6.58. The Kier molecular flexibility index (Phi) is 5.73. The summed E-state index contributed by atoms with van der Waals surface area (Å²) in [5, 5.41) is 13.1. The summed E-state index contributed by atoms with van der Waals surface area (Å²) in [6.45, 7) is 8.18. The first-order valence-corrected chi connectivity index (χ1v) is 6.55. The molecule has 0 aliphatic heterocycles. The largest absolute Gasteiger partial charge is 0.394 e. The van der Waals surface area contributed by atoms with E-state index >= 15 is 0 Å². The van der Waals surface area contributed by atoms with Gasteiger partial charge in [-0.25, -0.2) is 0 Å². The van der Waals surface area contributed by atoms with Gasteiger partial charge in [0.1, 0.15) is 0 Å². The number of ether oxygens (including phenoxy) is 1. The van der Waals surface area contributed by atoms with Gasteiger partial charge < -0.3 is 15.2 Å². The molecule has 0 aromatic carbocycles. The van der Waals surface area contributed by atoms with E-state index in [0.717, 1.165) is 31.9 Å². The van der Waals surface area contributed by atoms with E-state index in [0.29, 0.717) is 0 Å². The van der Waals surface area contributed by atoms with Crippen molar-refractivity contribution < 1.29 is 9.84 Å². The van der Waals surface area contributed by atoms with Crippen LogP contribution in [0.3, 0.4) is 0 Å². The average Bonchev–Trinajstić information content (AvgIpc) is 2.24. The normalized spacial score (nSPS) is 30.9. The molecule has 3 nitrogen and oxygen atoms in total. The van der Waals surface area contributed by atoms with Gasteiger partial charge >= 0.3 is 0 Å². The molecule has 1 aliphatic rings. The summed E-state index contributed by atoms with van der Waals surface area (Å²) >= 11 is 0. The van der Waals surface area contributed by atoms with E-state index in [4.69, 9.17) is 4.74 Å². The molecular formula is C13H27NO2. The summed E-state index contributed by atoms with van der Waals surface area (Å²) in [7, 11) is 0. The van der Waals surface area contributed by atoms with Crippen molar-refractivity contribution in [2.45, 2.75) is 58.1 Å². The molecule has 0 saturated heterocycles. The van der Waals surface area contributed by atoms with Gasteiger partial charge in [-0.2, -0.15) is 0 Å². The maximum absolute atomic E-state index is 9.56. The quantitative estimate of drug-likeness (QED) is 0.684. The van der Waals surface area contributed by atoms with Crippen LogP contribution in [0.15, 0.2) is 0 Å². The van der Waals surface area contributed by atoms with E-state index in [1.807, 2.05) is 13.8 Å². The number of rotatable bonds is 6. The average molecular weight is 229 g/mol. The van der Waals surface area contributed by atoms with Gasteiger partial charge in [0.05, 0.1) is 19.3 Å². The zero-order valence-corrected chi connectivity index (χ0v) is 11.0. The predicted molar refractivity (Wildman–Crippen MR) is 66.5 cm³/mol. The Morgan fingerprint density at radius 3 is 2.81 bits per heavy atom. The summed E-state index contributed by atoms with van der Waals surface area (Å²) < 4.78 is 5.51. The second-order valence-corrected chi connectivity index (χ2v) is 5.49. The number of hydrogen-bond donors (Lipinski definition) is 2. The molecular weight excluding hydrogens is 202 g/mol. The molecule has 0 aromatic heterocycles. The lowest BCUT2D eigenvalue weighted by atomic mass is 9.77. The van der Waals surface area contributed by atoms with Gasteiger partial charge in [-0.05, 0) is 32.6 Å². The van der Waals surface area contributed by atoms with Crippen molar-refractivity contribution in [1.82, 2.24) is 5.32 Å². The van der Waals surface area contributed by atoms with Gasteiger partial charge in [-0.1, -0.05) is 19.8 Å². The third-order valence-corrected chi connectivity index (χ3v) is 3.45. The molecule has 1 aliphatic carbocycles. The summed E-state index contributed by atoms with van der Waals surface area (Å²) in [4.78, 5) is 0. The van der Waals surface area contributed by atoms with Crippen LogP contribution in [-0.2, 0) is 4.74 Å². The van der Waals surface area contributed by atoms with Crippen LogP contribution in [0.5, 0.6) is 0 Å².